The lowest BCUT2D eigenvalue weighted by atomic mass is 10.2. The fourth-order valence-corrected chi connectivity index (χ4v) is 1.86. The highest BCUT2D eigenvalue weighted by Gasteiger charge is 2.06. The number of nitrogens with zero attached hydrogens (tertiary/aromatic N) is 4. The molecule has 0 amide bonds. The summed E-state index contributed by atoms with van der Waals surface area (Å²) >= 11 is 0. The SMILES string of the molecule is CCn1ncc(C)c1CNc1cnn(CCF)c1.Cl. The van der Waals surface area contributed by atoms with Crippen LogP contribution in [0.2, 0.25) is 0 Å². The Morgan fingerprint density at radius 1 is 1.32 bits per heavy atom. The fourth-order valence-electron chi connectivity index (χ4n) is 1.86. The molecule has 0 atom stereocenters. The van der Waals surface area contributed by atoms with Crippen LogP contribution in [0.4, 0.5) is 10.1 Å². The molecule has 2 aromatic heterocycles. The number of anilines is 1. The monoisotopic (exact) mass is 287 g/mol. The molecule has 5 nitrogen and oxygen atoms in total. The van der Waals surface area contributed by atoms with Gasteiger partial charge in [0, 0.05) is 12.7 Å². The predicted molar refractivity (Wildman–Crippen MR) is 75.4 cm³/mol. The Bertz CT molecular complexity index is 508. The van der Waals surface area contributed by atoms with E-state index >= 15 is 0 Å². The second-order valence-electron chi connectivity index (χ2n) is 4.12. The van der Waals surface area contributed by atoms with Crippen LogP contribution in [0.25, 0.3) is 0 Å². The summed E-state index contributed by atoms with van der Waals surface area (Å²) in [7, 11) is 0. The number of hydrogen-bond donors (Lipinski definition) is 1. The molecule has 7 heteroatoms. The molecule has 0 fully saturated rings. The van der Waals surface area contributed by atoms with E-state index in [4.69, 9.17) is 0 Å². The molecule has 106 valence electrons. The van der Waals surface area contributed by atoms with Crippen LogP contribution in [0, 0.1) is 6.92 Å². The van der Waals surface area contributed by atoms with Crippen LogP contribution in [-0.2, 0) is 19.6 Å². The van der Waals surface area contributed by atoms with Crippen LogP contribution in [0.1, 0.15) is 18.2 Å². The number of rotatable bonds is 6. The maximum atomic E-state index is 12.2. The van der Waals surface area contributed by atoms with Crippen molar-refractivity contribution in [3.63, 3.8) is 0 Å². The van der Waals surface area contributed by atoms with Crippen molar-refractivity contribution in [1.82, 2.24) is 19.6 Å². The first-order chi connectivity index (χ1) is 8.74. The van der Waals surface area contributed by atoms with Gasteiger partial charge in [-0.1, -0.05) is 0 Å². The summed E-state index contributed by atoms with van der Waals surface area (Å²) in [4.78, 5) is 0. The molecule has 2 heterocycles. The van der Waals surface area contributed by atoms with Crippen molar-refractivity contribution in [2.24, 2.45) is 0 Å². The Morgan fingerprint density at radius 2 is 2.11 bits per heavy atom. The highest BCUT2D eigenvalue weighted by atomic mass is 35.5. The average molecular weight is 288 g/mol. The zero-order chi connectivity index (χ0) is 13.0. The van der Waals surface area contributed by atoms with Crippen molar-refractivity contribution in [1.29, 1.82) is 0 Å². The minimum Gasteiger partial charge on any atom is -0.377 e. The Kier molecular flexibility index (Phi) is 5.82. The van der Waals surface area contributed by atoms with Gasteiger partial charge in [-0.2, -0.15) is 10.2 Å². The zero-order valence-corrected chi connectivity index (χ0v) is 12.0. The van der Waals surface area contributed by atoms with Gasteiger partial charge in [-0.05, 0) is 19.4 Å². The van der Waals surface area contributed by atoms with E-state index < -0.39 is 6.67 Å². The molecule has 2 aromatic rings. The number of aryl methyl sites for hydroxylation is 3. The van der Waals surface area contributed by atoms with E-state index in [1.165, 1.54) is 5.56 Å². The number of halogens is 2. The smallest absolute Gasteiger partial charge is 0.109 e. The molecule has 0 radical (unpaired) electrons. The van der Waals surface area contributed by atoms with Gasteiger partial charge in [-0.15, -0.1) is 12.4 Å². The highest BCUT2D eigenvalue weighted by molar-refractivity contribution is 5.85. The van der Waals surface area contributed by atoms with Gasteiger partial charge in [-0.25, -0.2) is 4.39 Å². The van der Waals surface area contributed by atoms with Crippen molar-refractivity contribution in [2.45, 2.75) is 33.5 Å². The minimum atomic E-state index is -0.400. The lowest BCUT2D eigenvalue weighted by Crippen LogP contribution is -2.08. The van der Waals surface area contributed by atoms with Crippen LogP contribution in [0.3, 0.4) is 0 Å². The van der Waals surface area contributed by atoms with Gasteiger partial charge >= 0.3 is 0 Å². The molecule has 19 heavy (non-hydrogen) atoms. The minimum absolute atomic E-state index is 0. The summed E-state index contributed by atoms with van der Waals surface area (Å²) in [5.41, 5.74) is 3.22. The quantitative estimate of drug-likeness (QED) is 0.887. The molecular weight excluding hydrogens is 269 g/mol. The lowest BCUT2D eigenvalue weighted by Gasteiger charge is -2.07. The van der Waals surface area contributed by atoms with Crippen molar-refractivity contribution < 1.29 is 4.39 Å². The fraction of sp³-hybridized carbons (Fsp3) is 0.500. The second-order valence-corrected chi connectivity index (χ2v) is 4.12. The molecular formula is C12H19ClFN5. The van der Waals surface area contributed by atoms with Gasteiger partial charge in [0.25, 0.3) is 0 Å². The van der Waals surface area contributed by atoms with Crippen molar-refractivity contribution >= 4 is 18.1 Å². The van der Waals surface area contributed by atoms with E-state index in [2.05, 4.69) is 22.4 Å². The van der Waals surface area contributed by atoms with Gasteiger partial charge in [0.05, 0.1) is 36.9 Å². The molecule has 0 aromatic carbocycles. The van der Waals surface area contributed by atoms with Gasteiger partial charge in [0.1, 0.15) is 6.67 Å². The van der Waals surface area contributed by atoms with Crippen molar-refractivity contribution in [3.05, 3.63) is 29.8 Å². The molecule has 2 rings (SSSR count). The molecule has 0 aliphatic rings. The van der Waals surface area contributed by atoms with Crippen LogP contribution < -0.4 is 5.32 Å². The first-order valence-corrected chi connectivity index (χ1v) is 6.08. The third kappa shape index (κ3) is 3.70. The third-order valence-corrected chi connectivity index (χ3v) is 2.86. The molecule has 1 N–H and O–H groups in total. The number of alkyl halides is 1. The Hall–Kier alpha value is -1.56. The molecule has 0 saturated heterocycles. The molecule has 0 spiro atoms. The molecule has 0 saturated carbocycles. The largest absolute Gasteiger partial charge is 0.377 e. The van der Waals surface area contributed by atoms with Gasteiger partial charge < -0.3 is 5.32 Å². The topological polar surface area (TPSA) is 47.7 Å². The highest BCUT2D eigenvalue weighted by Crippen LogP contribution is 2.11. The molecule has 0 unspecified atom stereocenters. The summed E-state index contributed by atoms with van der Waals surface area (Å²) in [6, 6.07) is 0. The summed E-state index contributed by atoms with van der Waals surface area (Å²) in [6.45, 7) is 5.56. The number of hydrogen-bond acceptors (Lipinski definition) is 3. The van der Waals surface area contributed by atoms with Gasteiger partial charge in [0.15, 0.2) is 0 Å². The van der Waals surface area contributed by atoms with Gasteiger partial charge in [-0.3, -0.25) is 9.36 Å². The number of nitrogens with one attached hydrogen (secondary N) is 1. The van der Waals surface area contributed by atoms with Gasteiger partial charge in [0.2, 0.25) is 0 Å². The zero-order valence-electron chi connectivity index (χ0n) is 11.1. The Balaban J connectivity index is 0.00000180. The van der Waals surface area contributed by atoms with Crippen molar-refractivity contribution in [3.8, 4) is 0 Å². The normalized spacial score (nSPS) is 10.3. The van der Waals surface area contributed by atoms with Crippen LogP contribution in [0.5, 0.6) is 0 Å². The molecule has 0 bridgehead atoms. The predicted octanol–water partition coefficient (Wildman–Crippen LogP) is 2.41. The van der Waals surface area contributed by atoms with E-state index in [0.29, 0.717) is 13.1 Å². The Labute approximate surface area is 118 Å². The maximum Gasteiger partial charge on any atom is 0.109 e. The Morgan fingerprint density at radius 3 is 2.79 bits per heavy atom. The first-order valence-electron chi connectivity index (χ1n) is 6.08. The van der Waals surface area contributed by atoms with Crippen molar-refractivity contribution in [2.75, 3.05) is 12.0 Å². The maximum absolute atomic E-state index is 12.2. The van der Waals surface area contributed by atoms with Crippen LogP contribution in [-0.4, -0.2) is 26.2 Å². The lowest BCUT2D eigenvalue weighted by molar-refractivity contribution is 0.427. The number of aromatic nitrogens is 4. The molecule has 0 aliphatic heterocycles. The average Bonchev–Trinajstić information content (AvgIpc) is 2.94. The third-order valence-electron chi connectivity index (χ3n) is 2.86. The summed E-state index contributed by atoms with van der Waals surface area (Å²) < 4.78 is 15.7. The van der Waals surface area contributed by atoms with E-state index in [0.717, 1.165) is 17.9 Å². The van der Waals surface area contributed by atoms with E-state index in [1.54, 1.807) is 10.9 Å². The standard InChI is InChI=1S/C12H18FN5.ClH/c1-3-18-12(10(2)6-16-18)8-14-11-7-15-17(9-11)5-4-13;/h6-7,9,14H,3-5,8H2,1-2H3;1H. The summed E-state index contributed by atoms with van der Waals surface area (Å²) in [5.74, 6) is 0. The summed E-state index contributed by atoms with van der Waals surface area (Å²) in [5, 5.41) is 11.6. The van der Waals surface area contributed by atoms with Crippen LogP contribution in [0.15, 0.2) is 18.6 Å². The first kappa shape index (κ1) is 15.5. The van der Waals surface area contributed by atoms with E-state index in [-0.39, 0.29) is 12.4 Å². The summed E-state index contributed by atoms with van der Waals surface area (Å²) in [6.07, 6.45) is 5.38. The van der Waals surface area contributed by atoms with E-state index in [9.17, 15) is 4.39 Å². The van der Waals surface area contributed by atoms with Crippen LogP contribution >= 0.6 is 12.4 Å². The second kappa shape index (κ2) is 7.13. The molecule has 0 aliphatic carbocycles. The van der Waals surface area contributed by atoms with E-state index in [1.807, 2.05) is 24.0 Å².